The third kappa shape index (κ3) is 2.42. The third-order valence-corrected chi connectivity index (χ3v) is 3.13. The van der Waals surface area contributed by atoms with Gasteiger partial charge in [-0.15, -0.1) is 0 Å². The van der Waals surface area contributed by atoms with Gasteiger partial charge in [0.15, 0.2) is 0 Å². The minimum atomic E-state index is -0.397. The number of benzene rings is 1. The van der Waals surface area contributed by atoms with Gasteiger partial charge in [0.2, 0.25) is 0 Å². The van der Waals surface area contributed by atoms with E-state index in [0.717, 1.165) is 18.4 Å². The van der Waals surface area contributed by atoms with E-state index >= 15 is 0 Å². The molecule has 0 unspecified atom stereocenters. The van der Waals surface area contributed by atoms with Crippen LogP contribution in [0.3, 0.4) is 0 Å². The molecule has 1 saturated carbocycles. The first-order valence-corrected chi connectivity index (χ1v) is 5.68. The van der Waals surface area contributed by atoms with Crippen molar-refractivity contribution in [3.05, 3.63) is 29.3 Å². The molecule has 0 atom stereocenters. The van der Waals surface area contributed by atoms with E-state index in [1.54, 1.807) is 19.2 Å². The van der Waals surface area contributed by atoms with Crippen LogP contribution in [0, 0.1) is 6.92 Å². The zero-order valence-electron chi connectivity index (χ0n) is 10.1. The number of aryl methyl sites for hydroxylation is 1. The molecule has 1 aromatic carbocycles. The summed E-state index contributed by atoms with van der Waals surface area (Å²) in [5.41, 5.74) is 1.13. The van der Waals surface area contributed by atoms with Crippen LogP contribution in [-0.2, 0) is 0 Å². The second-order valence-electron chi connectivity index (χ2n) is 4.60. The smallest absolute Gasteiger partial charge is 0.255 e. The Kier molecular flexibility index (Phi) is 3.07. The molecule has 1 amide bonds. The molecule has 0 bridgehead atoms. The first kappa shape index (κ1) is 11.9. The Hall–Kier alpha value is -1.55. The van der Waals surface area contributed by atoms with Crippen molar-refractivity contribution in [2.45, 2.75) is 25.3 Å². The lowest BCUT2D eigenvalue weighted by molar-refractivity contribution is 0.0903. The Balaban J connectivity index is 2.21. The third-order valence-electron chi connectivity index (χ3n) is 3.13. The largest absolute Gasteiger partial charge is 0.496 e. The second-order valence-corrected chi connectivity index (χ2v) is 4.60. The number of carbonyl (C=O) groups is 1. The lowest BCUT2D eigenvalue weighted by atomic mass is 10.1. The van der Waals surface area contributed by atoms with Crippen molar-refractivity contribution in [1.29, 1.82) is 0 Å². The van der Waals surface area contributed by atoms with Crippen molar-refractivity contribution in [3.63, 3.8) is 0 Å². The summed E-state index contributed by atoms with van der Waals surface area (Å²) in [5, 5.41) is 12.1. The highest BCUT2D eigenvalue weighted by Crippen LogP contribution is 2.35. The molecule has 0 radical (unpaired) electrons. The Bertz CT molecular complexity index is 438. The summed E-state index contributed by atoms with van der Waals surface area (Å²) in [7, 11) is 1.54. The van der Waals surface area contributed by atoms with E-state index in [2.05, 4.69) is 5.32 Å². The number of hydrogen-bond donors (Lipinski definition) is 2. The van der Waals surface area contributed by atoms with Crippen LogP contribution in [0.2, 0.25) is 0 Å². The minimum Gasteiger partial charge on any atom is -0.496 e. The first-order chi connectivity index (χ1) is 8.10. The van der Waals surface area contributed by atoms with Crippen molar-refractivity contribution < 1.29 is 14.6 Å². The number of hydrogen-bond acceptors (Lipinski definition) is 3. The van der Waals surface area contributed by atoms with Crippen LogP contribution in [0.25, 0.3) is 0 Å². The zero-order valence-corrected chi connectivity index (χ0v) is 10.1. The molecule has 1 fully saturated rings. The minimum absolute atomic E-state index is 0.00707. The van der Waals surface area contributed by atoms with E-state index in [4.69, 9.17) is 4.74 Å². The fraction of sp³-hybridized carbons (Fsp3) is 0.462. The average Bonchev–Trinajstić information content (AvgIpc) is 3.09. The molecule has 1 aliphatic carbocycles. The lowest BCUT2D eigenvalue weighted by Gasteiger charge is -2.16. The predicted octanol–water partition coefficient (Wildman–Crippen LogP) is 1.26. The van der Waals surface area contributed by atoms with E-state index in [1.165, 1.54) is 0 Å². The summed E-state index contributed by atoms with van der Waals surface area (Å²) in [6.45, 7) is 1.92. The van der Waals surface area contributed by atoms with Crippen LogP contribution in [0.15, 0.2) is 18.2 Å². The first-order valence-electron chi connectivity index (χ1n) is 5.68. The van der Waals surface area contributed by atoms with Gasteiger partial charge in [-0.2, -0.15) is 0 Å². The normalized spacial score (nSPS) is 16.4. The number of ether oxygens (including phenoxy) is 1. The summed E-state index contributed by atoms with van der Waals surface area (Å²) < 4.78 is 5.17. The Morgan fingerprint density at radius 2 is 2.24 bits per heavy atom. The van der Waals surface area contributed by atoms with Crippen molar-refractivity contribution in [3.8, 4) is 5.75 Å². The molecule has 1 aliphatic rings. The molecular weight excluding hydrogens is 218 g/mol. The monoisotopic (exact) mass is 235 g/mol. The number of nitrogens with one attached hydrogen (secondary N) is 1. The molecule has 0 aliphatic heterocycles. The highest BCUT2D eigenvalue weighted by molar-refractivity contribution is 5.97. The van der Waals surface area contributed by atoms with Gasteiger partial charge in [-0.25, -0.2) is 0 Å². The van der Waals surface area contributed by atoms with Crippen molar-refractivity contribution in [2.75, 3.05) is 13.7 Å². The molecule has 0 saturated heterocycles. The molecule has 2 rings (SSSR count). The van der Waals surface area contributed by atoms with E-state index in [9.17, 15) is 9.90 Å². The van der Waals surface area contributed by atoms with E-state index in [1.807, 2.05) is 13.0 Å². The fourth-order valence-corrected chi connectivity index (χ4v) is 1.78. The van der Waals surface area contributed by atoms with Crippen LogP contribution in [-0.4, -0.2) is 30.3 Å². The zero-order chi connectivity index (χ0) is 12.5. The van der Waals surface area contributed by atoms with Gasteiger partial charge in [0.1, 0.15) is 5.75 Å². The molecule has 0 aromatic heterocycles. The molecule has 2 N–H and O–H groups in total. The summed E-state index contributed by atoms with van der Waals surface area (Å²) in [6, 6.07) is 5.47. The maximum Gasteiger partial charge on any atom is 0.255 e. The van der Waals surface area contributed by atoms with Crippen LogP contribution >= 0.6 is 0 Å². The number of carbonyl (C=O) groups excluding carboxylic acids is 1. The molecule has 4 heteroatoms. The quantitative estimate of drug-likeness (QED) is 0.826. The van der Waals surface area contributed by atoms with Gasteiger partial charge in [0.05, 0.1) is 24.8 Å². The topological polar surface area (TPSA) is 58.6 Å². The number of methoxy groups -OCH3 is 1. The number of aliphatic hydroxyl groups is 1. The second kappa shape index (κ2) is 4.37. The maximum atomic E-state index is 12.1. The molecule has 0 heterocycles. The van der Waals surface area contributed by atoms with Gasteiger partial charge in [-0.3, -0.25) is 4.79 Å². The van der Waals surface area contributed by atoms with Crippen molar-refractivity contribution in [1.82, 2.24) is 5.32 Å². The number of amides is 1. The van der Waals surface area contributed by atoms with Crippen LogP contribution in [0.4, 0.5) is 0 Å². The van der Waals surface area contributed by atoms with Gasteiger partial charge < -0.3 is 15.2 Å². The van der Waals surface area contributed by atoms with Crippen molar-refractivity contribution in [2.24, 2.45) is 0 Å². The lowest BCUT2D eigenvalue weighted by Crippen LogP contribution is -2.39. The maximum absolute atomic E-state index is 12.1. The molecule has 1 aromatic rings. The Morgan fingerprint density at radius 3 is 2.76 bits per heavy atom. The van der Waals surface area contributed by atoms with Gasteiger partial charge in [-0.05, 0) is 31.9 Å². The number of aliphatic hydroxyl groups excluding tert-OH is 1. The average molecular weight is 235 g/mol. The summed E-state index contributed by atoms with van der Waals surface area (Å²) >= 11 is 0. The predicted molar refractivity (Wildman–Crippen MR) is 64.2 cm³/mol. The van der Waals surface area contributed by atoms with E-state index in [0.29, 0.717) is 11.3 Å². The highest BCUT2D eigenvalue weighted by Gasteiger charge is 2.43. The van der Waals surface area contributed by atoms with Gasteiger partial charge in [0.25, 0.3) is 5.91 Å². The summed E-state index contributed by atoms with van der Waals surface area (Å²) in [6.07, 6.45) is 1.67. The molecular formula is C13H17NO3. The standard InChI is InChI=1S/C13H17NO3/c1-9-3-4-11(17-2)10(7-9)12(16)14-13(8-15)5-6-13/h3-4,7,15H,5-6,8H2,1-2H3,(H,14,16). The fourth-order valence-electron chi connectivity index (χ4n) is 1.78. The van der Waals surface area contributed by atoms with Crippen LogP contribution in [0.1, 0.15) is 28.8 Å². The van der Waals surface area contributed by atoms with Crippen LogP contribution < -0.4 is 10.1 Å². The summed E-state index contributed by atoms with van der Waals surface area (Å²) in [5.74, 6) is 0.374. The van der Waals surface area contributed by atoms with E-state index < -0.39 is 5.54 Å². The van der Waals surface area contributed by atoms with Gasteiger partial charge >= 0.3 is 0 Å². The number of rotatable bonds is 4. The van der Waals surface area contributed by atoms with Crippen molar-refractivity contribution >= 4 is 5.91 Å². The van der Waals surface area contributed by atoms with Crippen LogP contribution in [0.5, 0.6) is 5.75 Å². The van der Waals surface area contributed by atoms with Gasteiger partial charge in [-0.1, -0.05) is 11.6 Å². The Labute approximate surface area is 101 Å². The molecule has 92 valence electrons. The molecule has 0 spiro atoms. The Morgan fingerprint density at radius 1 is 1.53 bits per heavy atom. The van der Waals surface area contributed by atoms with E-state index in [-0.39, 0.29) is 12.5 Å². The molecule has 17 heavy (non-hydrogen) atoms. The highest BCUT2D eigenvalue weighted by atomic mass is 16.5. The molecule has 4 nitrogen and oxygen atoms in total. The SMILES string of the molecule is COc1ccc(C)cc1C(=O)NC1(CO)CC1. The van der Waals surface area contributed by atoms with Gasteiger partial charge in [0, 0.05) is 0 Å². The summed E-state index contributed by atoms with van der Waals surface area (Å²) in [4.78, 5) is 12.1.